The molecular weight excluding hydrogens is 530 g/mol. The van der Waals surface area contributed by atoms with Gasteiger partial charge in [-0.3, -0.25) is 14.4 Å². The van der Waals surface area contributed by atoms with Gasteiger partial charge in [-0.15, -0.1) is 13.2 Å². The van der Waals surface area contributed by atoms with Crippen molar-refractivity contribution in [1.82, 2.24) is 9.80 Å². The number of rotatable bonds is 12. The number of aliphatic hydroxyl groups excluding tert-OH is 1. The number of likely N-dealkylation sites (tertiary alicyclic amines) is 1. The van der Waals surface area contributed by atoms with Gasteiger partial charge in [0.05, 0.1) is 30.6 Å². The highest BCUT2D eigenvalue weighted by Crippen LogP contribution is 2.59. The summed E-state index contributed by atoms with van der Waals surface area (Å²) in [6.45, 7) is 20.5. The molecule has 2 bridgehead atoms. The molecule has 8 heteroatoms. The quantitative estimate of drug-likeness (QED) is 0.366. The highest BCUT2D eigenvalue weighted by Gasteiger charge is 2.75. The molecule has 3 saturated heterocycles. The van der Waals surface area contributed by atoms with Crippen LogP contribution in [0.5, 0.6) is 0 Å². The van der Waals surface area contributed by atoms with Crippen molar-refractivity contribution in [3.05, 3.63) is 55.6 Å². The summed E-state index contributed by atoms with van der Waals surface area (Å²) < 4.78 is 6.71. The standard InChI is InChI=1S/C34H49N3O5/c1-9-19-35(24-15-13-12-14-16-24)29(39)26-25-17-18-34(42-25)27(26)30(40)37(23(11-3)21-38)28(34)31(41)36(20-10-2)33(7,8)22-32(4,5)6/h9-10,12-16,23,25-28,38H,1-2,11,17-22H2,3-8H3/t23-,25-,26+,27-,28?,34?/m0/s1. The topological polar surface area (TPSA) is 90.4 Å². The van der Waals surface area contributed by atoms with Gasteiger partial charge in [-0.25, -0.2) is 0 Å². The Morgan fingerprint density at radius 1 is 1.12 bits per heavy atom. The number of carbonyl (C=O) groups is 3. The van der Waals surface area contributed by atoms with Crippen LogP contribution in [0, 0.1) is 17.3 Å². The maximum absolute atomic E-state index is 14.8. The van der Waals surface area contributed by atoms with E-state index in [9.17, 15) is 19.5 Å². The molecule has 3 amide bonds. The first-order chi connectivity index (χ1) is 19.8. The van der Waals surface area contributed by atoms with Crippen molar-refractivity contribution in [2.45, 2.75) is 96.6 Å². The molecule has 6 atom stereocenters. The van der Waals surface area contributed by atoms with E-state index in [2.05, 4.69) is 33.9 Å². The van der Waals surface area contributed by atoms with Crippen LogP contribution in [0.2, 0.25) is 0 Å². The van der Waals surface area contributed by atoms with Crippen LogP contribution in [0.25, 0.3) is 0 Å². The van der Waals surface area contributed by atoms with Crippen molar-refractivity contribution < 1.29 is 24.2 Å². The molecule has 1 aromatic rings. The van der Waals surface area contributed by atoms with Gasteiger partial charge in [0, 0.05) is 24.3 Å². The molecule has 1 spiro atoms. The number of anilines is 1. The van der Waals surface area contributed by atoms with E-state index in [0.717, 1.165) is 12.1 Å². The second-order valence-corrected chi connectivity index (χ2v) is 13.9. The van der Waals surface area contributed by atoms with Crippen LogP contribution >= 0.6 is 0 Å². The summed E-state index contributed by atoms with van der Waals surface area (Å²) in [6.07, 6.45) is 5.20. The summed E-state index contributed by atoms with van der Waals surface area (Å²) in [7, 11) is 0. The van der Waals surface area contributed by atoms with Gasteiger partial charge in [-0.1, -0.05) is 58.0 Å². The van der Waals surface area contributed by atoms with E-state index in [1.165, 1.54) is 0 Å². The van der Waals surface area contributed by atoms with Crippen LogP contribution < -0.4 is 4.90 Å². The Hall–Kier alpha value is -2.97. The van der Waals surface area contributed by atoms with E-state index >= 15 is 0 Å². The maximum Gasteiger partial charge on any atom is 0.249 e. The summed E-state index contributed by atoms with van der Waals surface area (Å²) in [6, 6.07) is 7.84. The molecule has 3 fully saturated rings. The van der Waals surface area contributed by atoms with Gasteiger partial charge < -0.3 is 24.5 Å². The third-order valence-corrected chi connectivity index (χ3v) is 9.25. The first-order valence-corrected chi connectivity index (χ1v) is 15.3. The van der Waals surface area contributed by atoms with Gasteiger partial charge in [0.2, 0.25) is 17.7 Å². The van der Waals surface area contributed by atoms with Gasteiger partial charge in [-0.2, -0.15) is 0 Å². The first-order valence-electron chi connectivity index (χ1n) is 15.3. The van der Waals surface area contributed by atoms with Gasteiger partial charge >= 0.3 is 0 Å². The maximum atomic E-state index is 14.8. The average Bonchev–Trinajstić information content (AvgIpc) is 3.57. The van der Waals surface area contributed by atoms with E-state index in [-0.39, 0.29) is 36.3 Å². The zero-order chi connectivity index (χ0) is 31.0. The van der Waals surface area contributed by atoms with E-state index in [1.54, 1.807) is 22.0 Å². The molecule has 3 heterocycles. The Kier molecular flexibility index (Phi) is 9.10. The molecule has 0 aromatic heterocycles. The number of benzene rings is 1. The molecule has 2 unspecified atom stereocenters. The number of nitrogens with zero attached hydrogens (tertiary/aromatic N) is 3. The Morgan fingerprint density at radius 3 is 2.31 bits per heavy atom. The largest absolute Gasteiger partial charge is 0.394 e. The van der Waals surface area contributed by atoms with Crippen LogP contribution in [0.3, 0.4) is 0 Å². The SMILES string of the molecule is C=CCN(C(=O)[C@@H]1[C@@H]2CCC3(O2)C(C(=O)N(CC=C)C(C)(C)CC(C)(C)C)N([C@@H](CC)CO)C(=O)[C@H]13)c1ccccc1. The minimum absolute atomic E-state index is 0.0574. The fraction of sp³-hybridized carbons (Fsp3) is 0.618. The van der Waals surface area contributed by atoms with Gasteiger partial charge in [-0.05, 0) is 57.1 Å². The number of hydrogen-bond donors (Lipinski definition) is 1. The van der Waals surface area contributed by atoms with Crippen LogP contribution in [-0.2, 0) is 19.1 Å². The Labute approximate surface area is 251 Å². The lowest BCUT2D eigenvalue weighted by molar-refractivity contribution is -0.155. The fourth-order valence-corrected chi connectivity index (χ4v) is 8.00. The number of carbonyl (C=O) groups excluding carboxylic acids is 3. The minimum atomic E-state index is -1.14. The number of fused-ring (bicyclic) bond motifs is 1. The van der Waals surface area contributed by atoms with Crippen molar-refractivity contribution in [2.24, 2.45) is 17.3 Å². The number of hydrogen-bond acceptors (Lipinski definition) is 5. The summed E-state index contributed by atoms with van der Waals surface area (Å²) in [5.41, 5.74) is -1.03. The van der Waals surface area contributed by atoms with Crippen molar-refractivity contribution >= 4 is 23.4 Å². The molecule has 1 N–H and O–H groups in total. The summed E-state index contributed by atoms with van der Waals surface area (Å²) in [4.78, 5) is 48.7. The Morgan fingerprint density at radius 2 is 1.76 bits per heavy atom. The number of ether oxygens (including phenoxy) is 1. The number of amides is 3. The fourth-order valence-electron chi connectivity index (χ4n) is 8.00. The molecule has 3 aliphatic heterocycles. The van der Waals surface area contributed by atoms with Crippen LogP contribution in [-0.4, -0.2) is 81.7 Å². The number of para-hydroxylation sites is 1. The average molecular weight is 580 g/mol. The molecule has 1 aromatic carbocycles. The second kappa shape index (κ2) is 12.0. The van der Waals surface area contributed by atoms with Gasteiger partial charge in [0.25, 0.3) is 0 Å². The molecule has 0 saturated carbocycles. The van der Waals surface area contributed by atoms with Gasteiger partial charge in [0.15, 0.2) is 0 Å². The third kappa shape index (κ3) is 5.44. The first kappa shape index (κ1) is 32.0. The van der Waals surface area contributed by atoms with E-state index in [1.807, 2.05) is 56.0 Å². The molecular formula is C34H49N3O5. The highest BCUT2D eigenvalue weighted by atomic mass is 16.5. The zero-order valence-electron chi connectivity index (χ0n) is 26.2. The van der Waals surface area contributed by atoms with Gasteiger partial charge in [0.1, 0.15) is 11.6 Å². The second-order valence-electron chi connectivity index (χ2n) is 13.9. The molecule has 8 nitrogen and oxygen atoms in total. The molecule has 4 rings (SSSR count). The van der Waals surface area contributed by atoms with Crippen molar-refractivity contribution in [2.75, 3.05) is 24.6 Å². The molecule has 230 valence electrons. The smallest absolute Gasteiger partial charge is 0.249 e. The highest BCUT2D eigenvalue weighted by molar-refractivity contribution is 6.03. The Bertz CT molecular complexity index is 1190. The zero-order valence-corrected chi connectivity index (χ0v) is 26.2. The Balaban J connectivity index is 1.81. The monoisotopic (exact) mass is 579 g/mol. The molecule has 3 aliphatic rings. The molecule has 0 aliphatic carbocycles. The predicted molar refractivity (Wildman–Crippen MR) is 165 cm³/mol. The summed E-state index contributed by atoms with van der Waals surface area (Å²) >= 11 is 0. The minimum Gasteiger partial charge on any atom is -0.394 e. The number of aliphatic hydroxyl groups is 1. The normalized spacial score (nSPS) is 27.5. The van der Waals surface area contributed by atoms with Crippen LogP contribution in [0.1, 0.15) is 67.2 Å². The van der Waals surface area contributed by atoms with E-state index in [4.69, 9.17) is 4.74 Å². The predicted octanol–water partition coefficient (Wildman–Crippen LogP) is 4.58. The van der Waals surface area contributed by atoms with Crippen molar-refractivity contribution in [3.8, 4) is 0 Å². The molecule has 42 heavy (non-hydrogen) atoms. The van der Waals surface area contributed by atoms with E-state index < -0.39 is 41.2 Å². The van der Waals surface area contributed by atoms with E-state index in [0.29, 0.717) is 25.8 Å². The third-order valence-electron chi connectivity index (χ3n) is 9.25. The summed E-state index contributed by atoms with van der Waals surface area (Å²) in [5.74, 6) is -2.25. The lowest BCUT2D eigenvalue weighted by Crippen LogP contribution is -2.62. The van der Waals surface area contributed by atoms with Crippen LogP contribution in [0.4, 0.5) is 5.69 Å². The lowest BCUT2D eigenvalue weighted by atomic mass is 9.70. The van der Waals surface area contributed by atoms with Crippen molar-refractivity contribution in [3.63, 3.8) is 0 Å². The van der Waals surface area contributed by atoms with Crippen molar-refractivity contribution in [1.29, 1.82) is 0 Å². The lowest BCUT2D eigenvalue weighted by Gasteiger charge is -2.46. The van der Waals surface area contributed by atoms with Crippen LogP contribution in [0.15, 0.2) is 55.6 Å². The summed E-state index contributed by atoms with van der Waals surface area (Å²) in [5, 5.41) is 10.4. The molecule has 0 radical (unpaired) electrons.